The number of hydrogen-bond donors (Lipinski definition) is 2. The van der Waals surface area contributed by atoms with E-state index < -0.39 is 6.61 Å². The Morgan fingerprint density at radius 2 is 2.04 bits per heavy atom. The maximum absolute atomic E-state index is 11.5. The lowest BCUT2D eigenvalue weighted by Gasteiger charge is -2.26. The summed E-state index contributed by atoms with van der Waals surface area (Å²) in [5.74, 6) is -0.310. The van der Waals surface area contributed by atoms with Crippen molar-refractivity contribution in [2.75, 3.05) is 26.2 Å². The first kappa shape index (κ1) is 18.1. The Bertz CT molecular complexity index is 740. The molecule has 0 saturated carbocycles. The molecule has 138 valence electrons. The fraction of sp³-hybridized carbons (Fsp3) is 0.421. The van der Waals surface area contributed by atoms with Crippen molar-refractivity contribution in [3.05, 3.63) is 41.5 Å². The summed E-state index contributed by atoms with van der Waals surface area (Å²) < 4.78 is 0. The molecule has 2 amide bonds. The van der Waals surface area contributed by atoms with E-state index >= 15 is 0 Å². The Hall–Kier alpha value is -2.67. The van der Waals surface area contributed by atoms with Gasteiger partial charge in [-0.1, -0.05) is 35.5 Å². The van der Waals surface area contributed by atoms with Crippen molar-refractivity contribution in [2.45, 2.75) is 25.9 Å². The molecule has 1 unspecified atom stereocenters. The van der Waals surface area contributed by atoms with Crippen molar-refractivity contribution in [2.24, 2.45) is 5.16 Å². The van der Waals surface area contributed by atoms with Crippen LogP contribution in [-0.4, -0.2) is 59.9 Å². The molecule has 0 aromatic heterocycles. The second kappa shape index (κ2) is 8.14. The highest BCUT2D eigenvalue weighted by molar-refractivity contribution is 6.01. The first-order valence-electron chi connectivity index (χ1n) is 8.72. The first-order chi connectivity index (χ1) is 12.6. The molecular formula is C19H23N3O4. The van der Waals surface area contributed by atoms with E-state index in [0.29, 0.717) is 26.1 Å². The van der Waals surface area contributed by atoms with Gasteiger partial charge in [0.25, 0.3) is 0 Å². The normalized spacial score (nSPS) is 19.5. The summed E-state index contributed by atoms with van der Waals surface area (Å²) in [7, 11) is 0. The summed E-state index contributed by atoms with van der Waals surface area (Å²) in [6.45, 7) is 2.65. The largest absolute Gasteiger partial charge is 0.390 e. The van der Waals surface area contributed by atoms with Crippen LogP contribution in [-0.2, 0) is 14.4 Å². The number of rotatable bonds is 5. The molecule has 0 fully saturated rings. The molecule has 0 aliphatic carbocycles. The zero-order valence-electron chi connectivity index (χ0n) is 14.8. The summed E-state index contributed by atoms with van der Waals surface area (Å²) >= 11 is 0. The van der Waals surface area contributed by atoms with Gasteiger partial charge in [0.1, 0.15) is 12.7 Å². The second-order valence-electron chi connectivity index (χ2n) is 6.46. The van der Waals surface area contributed by atoms with Gasteiger partial charge in [0.05, 0.1) is 12.3 Å². The molecule has 2 N–H and O–H groups in total. The minimum Gasteiger partial charge on any atom is -0.390 e. The molecule has 1 atom stereocenters. The van der Waals surface area contributed by atoms with Gasteiger partial charge >= 0.3 is 0 Å². The number of aliphatic hydroxyl groups is 1. The topological polar surface area (TPSA) is 91.2 Å². The lowest BCUT2D eigenvalue weighted by molar-refractivity contribution is -0.133. The van der Waals surface area contributed by atoms with Crippen LogP contribution < -0.4 is 5.32 Å². The molecule has 26 heavy (non-hydrogen) atoms. The summed E-state index contributed by atoms with van der Waals surface area (Å²) in [4.78, 5) is 29.5. The zero-order chi connectivity index (χ0) is 18.5. The van der Waals surface area contributed by atoms with Crippen molar-refractivity contribution in [1.29, 1.82) is 0 Å². The maximum Gasteiger partial charge on any atom is 0.248 e. The molecule has 0 bridgehead atoms. The Morgan fingerprint density at radius 1 is 1.31 bits per heavy atom. The zero-order valence-corrected chi connectivity index (χ0v) is 14.8. The number of hydrogen-bond acceptors (Lipinski definition) is 5. The summed E-state index contributed by atoms with van der Waals surface area (Å²) in [5, 5.41) is 15.8. The summed E-state index contributed by atoms with van der Waals surface area (Å²) in [5.41, 5.74) is 4.21. The smallest absolute Gasteiger partial charge is 0.248 e. The van der Waals surface area contributed by atoms with Crippen LogP contribution in [0.3, 0.4) is 0 Å². The molecule has 1 aromatic carbocycles. The third kappa shape index (κ3) is 4.29. The Morgan fingerprint density at radius 3 is 2.65 bits per heavy atom. The third-order valence-electron chi connectivity index (χ3n) is 4.60. The number of nitrogens with one attached hydrogen (secondary N) is 1. The van der Waals surface area contributed by atoms with Crippen LogP contribution in [0.15, 0.2) is 35.5 Å². The van der Waals surface area contributed by atoms with Crippen LogP contribution >= 0.6 is 0 Å². The number of carbonyl (C=O) groups is 2. The van der Waals surface area contributed by atoms with Gasteiger partial charge in [-0.3, -0.25) is 9.59 Å². The number of carbonyl (C=O) groups excluding carboxylic acids is 2. The number of nitrogens with zero attached hydrogens (tertiary/aromatic N) is 2. The van der Waals surface area contributed by atoms with E-state index in [1.807, 2.05) is 30.3 Å². The molecule has 7 nitrogen and oxygen atoms in total. The number of benzene rings is 1. The van der Waals surface area contributed by atoms with E-state index in [1.165, 1.54) is 12.5 Å². The Labute approximate surface area is 152 Å². The van der Waals surface area contributed by atoms with Crippen LogP contribution in [0.1, 0.15) is 30.9 Å². The monoisotopic (exact) mass is 357 g/mol. The second-order valence-corrected chi connectivity index (χ2v) is 6.46. The molecule has 2 aliphatic heterocycles. The minimum absolute atomic E-state index is 0.0774. The molecule has 0 spiro atoms. The Balaban J connectivity index is 1.59. The lowest BCUT2D eigenvalue weighted by atomic mass is 9.96. The summed E-state index contributed by atoms with van der Waals surface area (Å²) in [6.07, 6.45) is 3.35. The van der Waals surface area contributed by atoms with Crippen LogP contribution in [0.2, 0.25) is 0 Å². The fourth-order valence-corrected chi connectivity index (χ4v) is 3.10. The van der Waals surface area contributed by atoms with Gasteiger partial charge < -0.3 is 20.2 Å². The predicted octanol–water partition coefficient (Wildman–Crippen LogP) is 0.924. The Kier molecular flexibility index (Phi) is 5.68. The quantitative estimate of drug-likeness (QED) is 0.820. The van der Waals surface area contributed by atoms with Crippen LogP contribution in [0.4, 0.5) is 0 Å². The number of aliphatic hydroxyl groups excluding tert-OH is 1. The average molecular weight is 357 g/mol. The van der Waals surface area contributed by atoms with Crippen molar-refractivity contribution in [3.63, 3.8) is 0 Å². The lowest BCUT2D eigenvalue weighted by Crippen LogP contribution is -2.36. The highest BCUT2D eigenvalue weighted by atomic mass is 16.6. The van der Waals surface area contributed by atoms with Gasteiger partial charge in [-0.15, -0.1) is 0 Å². The van der Waals surface area contributed by atoms with E-state index in [2.05, 4.69) is 10.5 Å². The van der Waals surface area contributed by atoms with Gasteiger partial charge in [-0.05, 0) is 23.1 Å². The average Bonchev–Trinajstić information content (AvgIpc) is 3.15. The van der Waals surface area contributed by atoms with Gasteiger partial charge in [0.2, 0.25) is 11.8 Å². The molecule has 3 rings (SSSR count). The maximum atomic E-state index is 11.5. The summed E-state index contributed by atoms with van der Waals surface area (Å²) in [6, 6.07) is 8.14. The molecule has 1 aromatic rings. The molecule has 7 heteroatoms. The fourth-order valence-electron chi connectivity index (χ4n) is 3.10. The highest BCUT2D eigenvalue weighted by Gasteiger charge is 2.22. The van der Waals surface area contributed by atoms with E-state index in [0.717, 1.165) is 23.3 Å². The molecule has 2 heterocycles. The van der Waals surface area contributed by atoms with E-state index in [4.69, 9.17) is 9.94 Å². The van der Waals surface area contributed by atoms with Crippen molar-refractivity contribution < 1.29 is 19.5 Å². The molecule has 0 radical (unpaired) electrons. The standard InChI is InChI=1S/C19H23N3O4/c1-13(24)20-11-17-10-18(21-26-17)16-4-2-14(3-5-16)15-6-8-22(9-7-15)19(25)12-23/h2-6,17,23H,7-12H2,1H3,(H,20,24). The van der Waals surface area contributed by atoms with Crippen molar-refractivity contribution in [1.82, 2.24) is 10.2 Å². The number of amides is 2. The van der Waals surface area contributed by atoms with Gasteiger partial charge in [0.15, 0.2) is 0 Å². The number of oxime groups is 1. The molecular weight excluding hydrogens is 334 g/mol. The van der Waals surface area contributed by atoms with E-state index in [-0.39, 0.29) is 17.9 Å². The van der Waals surface area contributed by atoms with E-state index in [9.17, 15) is 9.59 Å². The first-order valence-corrected chi connectivity index (χ1v) is 8.72. The van der Waals surface area contributed by atoms with Crippen LogP contribution in [0.25, 0.3) is 5.57 Å². The van der Waals surface area contributed by atoms with Gasteiger partial charge in [0, 0.05) is 26.4 Å². The third-order valence-corrected chi connectivity index (χ3v) is 4.60. The molecule has 0 saturated heterocycles. The predicted molar refractivity (Wildman–Crippen MR) is 97.4 cm³/mol. The highest BCUT2D eigenvalue weighted by Crippen LogP contribution is 2.24. The molecule has 2 aliphatic rings. The van der Waals surface area contributed by atoms with E-state index in [1.54, 1.807) is 4.90 Å². The van der Waals surface area contributed by atoms with Crippen LogP contribution in [0, 0.1) is 0 Å². The SMILES string of the molecule is CC(=O)NCC1CC(c2ccc(C3=CCN(C(=O)CO)CC3)cc2)=NO1. The van der Waals surface area contributed by atoms with Crippen LogP contribution in [0.5, 0.6) is 0 Å². The van der Waals surface area contributed by atoms with Gasteiger partial charge in [-0.25, -0.2) is 0 Å². The van der Waals surface area contributed by atoms with Crippen molar-refractivity contribution >= 4 is 23.1 Å². The minimum atomic E-state index is -0.440. The van der Waals surface area contributed by atoms with Gasteiger partial charge in [-0.2, -0.15) is 0 Å². The van der Waals surface area contributed by atoms with Crippen molar-refractivity contribution in [3.8, 4) is 0 Å².